The van der Waals surface area contributed by atoms with Gasteiger partial charge in [0.05, 0.1) is 13.2 Å². The summed E-state index contributed by atoms with van der Waals surface area (Å²) in [6.07, 6.45) is 6.84. The summed E-state index contributed by atoms with van der Waals surface area (Å²) in [6.45, 7) is 5.38. The molecule has 4 nitrogen and oxygen atoms in total. The molecule has 0 atom stereocenters. The highest BCUT2D eigenvalue weighted by molar-refractivity contribution is 5.87. The molecular formula is C16H21NO3. The van der Waals surface area contributed by atoms with E-state index in [1.165, 1.54) is 6.08 Å². The number of carbonyl (C=O) groups excluding carboxylic acids is 1. The minimum absolute atomic E-state index is 0.126. The summed E-state index contributed by atoms with van der Waals surface area (Å²) in [5.41, 5.74) is 0. The molecule has 1 N–H and O–H groups in total. The Morgan fingerprint density at radius 1 is 1.15 bits per heavy atom. The van der Waals surface area contributed by atoms with Crippen molar-refractivity contribution in [2.24, 2.45) is 0 Å². The maximum atomic E-state index is 11.3. The molecule has 0 aliphatic carbocycles. The maximum absolute atomic E-state index is 11.3. The van der Waals surface area contributed by atoms with Crippen molar-refractivity contribution in [2.45, 2.75) is 13.8 Å². The van der Waals surface area contributed by atoms with Crippen LogP contribution in [0.25, 0.3) is 0 Å². The Kier molecular flexibility index (Phi) is 7.65. The molecule has 0 aliphatic rings. The first-order chi connectivity index (χ1) is 9.76. The van der Waals surface area contributed by atoms with Gasteiger partial charge in [-0.1, -0.05) is 18.2 Å². The Morgan fingerprint density at radius 2 is 1.80 bits per heavy atom. The predicted octanol–water partition coefficient (Wildman–Crippen LogP) is 2.71. The van der Waals surface area contributed by atoms with E-state index in [2.05, 4.69) is 5.32 Å². The van der Waals surface area contributed by atoms with Gasteiger partial charge in [-0.15, -0.1) is 0 Å². The van der Waals surface area contributed by atoms with Crippen LogP contribution in [-0.4, -0.2) is 25.7 Å². The highest BCUT2D eigenvalue weighted by atomic mass is 16.5. The highest BCUT2D eigenvalue weighted by Gasteiger charge is 1.97. The second kappa shape index (κ2) is 9.67. The number of ether oxygens (including phenoxy) is 2. The van der Waals surface area contributed by atoms with E-state index < -0.39 is 0 Å². The van der Waals surface area contributed by atoms with Gasteiger partial charge in [-0.2, -0.15) is 0 Å². The lowest BCUT2D eigenvalue weighted by Gasteiger charge is -2.08. The number of benzene rings is 1. The molecule has 0 heterocycles. The molecule has 20 heavy (non-hydrogen) atoms. The van der Waals surface area contributed by atoms with Crippen molar-refractivity contribution in [3.05, 3.63) is 48.6 Å². The summed E-state index contributed by atoms with van der Waals surface area (Å²) in [5.74, 6) is 1.45. The quantitative estimate of drug-likeness (QED) is 0.451. The predicted molar refractivity (Wildman–Crippen MR) is 80.1 cm³/mol. The van der Waals surface area contributed by atoms with Crippen molar-refractivity contribution in [2.75, 3.05) is 19.8 Å². The molecule has 4 heteroatoms. The van der Waals surface area contributed by atoms with Crippen molar-refractivity contribution in [3.63, 3.8) is 0 Å². The second-order valence-corrected chi connectivity index (χ2v) is 3.93. The third-order valence-corrected chi connectivity index (χ3v) is 2.36. The molecule has 0 radical (unpaired) electrons. The largest absolute Gasteiger partial charge is 0.494 e. The number of nitrogens with one attached hydrogen (secondary N) is 1. The summed E-state index contributed by atoms with van der Waals surface area (Å²) in [7, 11) is 0. The number of allylic oxidation sites excluding steroid dienone is 3. The lowest BCUT2D eigenvalue weighted by molar-refractivity contribution is -0.116. The van der Waals surface area contributed by atoms with Gasteiger partial charge in [0, 0.05) is 6.08 Å². The van der Waals surface area contributed by atoms with Crippen molar-refractivity contribution < 1.29 is 14.3 Å². The molecule has 0 bridgehead atoms. The minimum Gasteiger partial charge on any atom is -0.494 e. The Bertz CT molecular complexity index is 449. The normalized spacial score (nSPS) is 10.9. The number of rotatable bonds is 8. The molecule has 0 fully saturated rings. The van der Waals surface area contributed by atoms with E-state index in [1.54, 1.807) is 12.2 Å². The maximum Gasteiger partial charge on any atom is 0.244 e. The van der Waals surface area contributed by atoms with Gasteiger partial charge in [0.25, 0.3) is 0 Å². The third kappa shape index (κ3) is 6.64. The zero-order valence-electron chi connectivity index (χ0n) is 12.0. The summed E-state index contributed by atoms with van der Waals surface area (Å²) in [5, 5.41) is 2.73. The van der Waals surface area contributed by atoms with Gasteiger partial charge in [0.15, 0.2) is 0 Å². The zero-order chi connectivity index (χ0) is 14.6. The molecule has 0 unspecified atom stereocenters. The van der Waals surface area contributed by atoms with Crippen molar-refractivity contribution >= 4 is 5.91 Å². The van der Waals surface area contributed by atoms with Gasteiger partial charge in [0.2, 0.25) is 5.91 Å². The van der Waals surface area contributed by atoms with Crippen LogP contribution in [0.4, 0.5) is 0 Å². The Balaban J connectivity index is 2.22. The molecular weight excluding hydrogens is 254 g/mol. The first kappa shape index (κ1) is 15.8. The van der Waals surface area contributed by atoms with Crippen molar-refractivity contribution in [1.29, 1.82) is 0 Å². The molecule has 0 saturated heterocycles. The topological polar surface area (TPSA) is 47.6 Å². The standard InChI is InChI=1S/C16H21NO3/c1-3-5-6-7-16(18)17-12-13-20-15-10-8-14(9-11-15)19-4-2/h3,5-11H,4,12-13H2,1-2H3,(H,17,18)/b5-3+,7-6+. The van der Waals surface area contributed by atoms with Gasteiger partial charge < -0.3 is 14.8 Å². The van der Waals surface area contributed by atoms with Gasteiger partial charge >= 0.3 is 0 Å². The lowest BCUT2D eigenvalue weighted by Crippen LogP contribution is -2.26. The molecule has 0 aliphatic heterocycles. The Morgan fingerprint density at radius 3 is 2.40 bits per heavy atom. The van der Waals surface area contributed by atoms with Crippen LogP contribution in [0, 0.1) is 0 Å². The molecule has 1 aromatic rings. The minimum atomic E-state index is -0.126. The van der Waals surface area contributed by atoms with Crippen LogP contribution in [0.15, 0.2) is 48.6 Å². The fourth-order valence-electron chi connectivity index (χ4n) is 1.45. The van der Waals surface area contributed by atoms with Crippen LogP contribution < -0.4 is 14.8 Å². The molecule has 1 amide bonds. The van der Waals surface area contributed by atoms with Gasteiger partial charge in [-0.25, -0.2) is 0 Å². The van der Waals surface area contributed by atoms with E-state index in [-0.39, 0.29) is 5.91 Å². The fourth-order valence-corrected chi connectivity index (χ4v) is 1.45. The van der Waals surface area contributed by atoms with Crippen LogP contribution in [0.2, 0.25) is 0 Å². The van der Waals surface area contributed by atoms with Crippen molar-refractivity contribution in [1.82, 2.24) is 5.32 Å². The van der Waals surface area contributed by atoms with Crippen LogP contribution in [0.3, 0.4) is 0 Å². The highest BCUT2D eigenvalue weighted by Crippen LogP contribution is 2.17. The second-order valence-electron chi connectivity index (χ2n) is 3.93. The van der Waals surface area contributed by atoms with Crippen molar-refractivity contribution in [3.8, 4) is 11.5 Å². The molecule has 108 valence electrons. The zero-order valence-corrected chi connectivity index (χ0v) is 12.0. The fraction of sp³-hybridized carbons (Fsp3) is 0.312. The third-order valence-electron chi connectivity index (χ3n) is 2.36. The number of hydrogen-bond donors (Lipinski definition) is 1. The smallest absolute Gasteiger partial charge is 0.244 e. The number of amides is 1. The first-order valence-electron chi connectivity index (χ1n) is 6.69. The molecule has 0 saturated carbocycles. The Hall–Kier alpha value is -2.23. The van der Waals surface area contributed by atoms with E-state index in [0.717, 1.165) is 11.5 Å². The summed E-state index contributed by atoms with van der Waals surface area (Å²) in [4.78, 5) is 11.3. The van der Waals surface area contributed by atoms with Crippen LogP contribution in [0.5, 0.6) is 11.5 Å². The summed E-state index contributed by atoms with van der Waals surface area (Å²) < 4.78 is 10.8. The number of hydrogen-bond acceptors (Lipinski definition) is 3. The SMILES string of the molecule is C/C=C/C=C/C(=O)NCCOc1ccc(OCC)cc1. The average molecular weight is 275 g/mol. The molecule has 1 aromatic carbocycles. The van der Waals surface area contributed by atoms with E-state index in [4.69, 9.17) is 9.47 Å². The average Bonchev–Trinajstić information content (AvgIpc) is 2.46. The molecule has 0 aromatic heterocycles. The van der Waals surface area contributed by atoms with Crippen LogP contribution in [0.1, 0.15) is 13.8 Å². The van der Waals surface area contributed by atoms with E-state index >= 15 is 0 Å². The van der Waals surface area contributed by atoms with Gasteiger partial charge in [-0.3, -0.25) is 4.79 Å². The monoisotopic (exact) mass is 275 g/mol. The number of carbonyl (C=O) groups is 1. The van der Waals surface area contributed by atoms with Gasteiger partial charge in [-0.05, 0) is 38.1 Å². The molecule has 0 spiro atoms. The van der Waals surface area contributed by atoms with E-state index in [1.807, 2.05) is 44.2 Å². The van der Waals surface area contributed by atoms with Crippen LogP contribution >= 0.6 is 0 Å². The van der Waals surface area contributed by atoms with Gasteiger partial charge in [0.1, 0.15) is 18.1 Å². The Labute approximate surface area is 120 Å². The first-order valence-corrected chi connectivity index (χ1v) is 6.69. The summed E-state index contributed by atoms with van der Waals surface area (Å²) in [6, 6.07) is 7.41. The molecule has 1 rings (SSSR count). The van der Waals surface area contributed by atoms with E-state index in [9.17, 15) is 4.79 Å². The van der Waals surface area contributed by atoms with E-state index in [0.29, 0.717) is 19.8 Å². The summed E-state index contributed by atoms with van der Waals surface area (Å²) >= 11 is 0. The van der Waals surface area contributed by atoms with Crippen LogP contribution in [-0.2, 0) is 4.79 Å². The lowest BCUT2D eigenvalue weighted by atomic mass is 10.3.